The number of ether oxygens (including phenoxy) is 2. The molecule has 1 saturated carbocycles. The molecule has 3 nitrogen and oxygen atoms in total. The van der Waals surface area contributed by atoms with Crippen LogP contribution >= 0.6 is 0 Å². The van der Waals surface area contributed by atoms with E-state index < -0.39 is 0 Å². The van der Waals surface area contributed by atoms with Crippen LogP contribution in [0, 0.1) is 5.92 Å². The first-order chi connectivity index (χ1) is 5.79. The highest BCUT2D eigenvalue weighted by Crippen LogP contribution is 2.28. The van der Waals surface area contributed by atoms with Crippen LogP contribution in [0.5, 0.6) is 0 Å². The molecule has 0 saturated heterocycles. The Morgan fingerprint density at radius 2 is 2.25 bits per heavy atom. The fourth-order valence-electron chi connectivity index (χ4n) is 1.73. The maximum absolute atomic E-state index is 11.3. The Morgan fingerprint density at radius 1 is 1.50 bits per heavy atom. The van der Waals surface area contributed by atoms with Crippen LogP contribution in [0.25, 0.3) is 0 Å². The van der Waals surface area contributed by atoms with E-state index in [1.54, 1.807) is 7.11 Å². The topological polar surface area (TPSA) is 35.5 Å². The van der Waals surface area contributed by atoms with E-state index in [-0.39, 0.29) is 18.0 Å². The normalized spacial score (nSPS) is 28.8. The molecule has 0 aromatic rings. The van der Waals surface area contributed by atoms with Crippen molar-refractivity contribution in [3.63, 3.8) is 0 Å². The van der Waals surface area contributed by atoms with E-state index in [1.165, 1.54) is 0 Å². The molecule has 1 aliphatic rings. The van der Waals surface area contributed by atoms with Gasteiger partial charge in [0, 0.05) is 7.11 Å². The Hall–Kier alpha value is -0.570. The molecule has 2 unspecified atom stereocenters. The molecule has 0 aromatic heterocycles. The SMILES string of the molecule is CCOC(=O)C1CCCC1OC. The second-order valence-corrected chi connectivity index (χ2v) is 3.06. The number of rotatable bonds is 3. The number of methoxy groups -OCH3 is 1. The first kappa shape index (κ1) is 9.52. The van der Waals surface area contributed by atoms with E-state index in [0.29, 0.717) is 6.61 Å². The van der Waals surface area contributed by atoms with E-state index >= 15 is 0 Å². The van der Waals surface area contributed by atoms with Gasteiger partial charge < -0.3 is 9.47 Å². The summed E-state index contributed by atoms with van der Waals surface area (Å²) in [7, 11) is 1.65. The zero-order valence-electron chi connectivity index (χ0n) is 7.71. The van der Waals surface area contributed by atoms with Crippen LogP contribution in [0.4, 0.5) is 0 Å². The van der Waals surface area contributed by atoms with Crippen molar-refractivity contribution in [3.8, 4) is 0 Å². The molecule has 12 heavy (non-hydrogen) atoms. The second-order valence-electron chi connectivity index (χ2n) is 3.06. The summed E-state index contributed by atoms with van der Waals surface area (Å²) in [5.41, 5.74) is 0. The molecule has 0 bridgehead atoms. The van der Waals surface area contributed by atoms with Crippen molar-refractivity contribution in [3.05, 3.63) is 0 Å². The van der Waals surface area contributed by atoms with Gasteiger partial charge in [-0.2, -0.15) is 0 Å². The van der Waals surface area contributed by atoms with Gasteiger partial charge in [-0.15, -0.1) is 0 Å². The molecule has 0 heterocycles. The van der Waals surface area contributed by atoms with Gasteiger partial charge in [-0.1, -0.05) is 0 Å². The molecule has 0 N–H and O–H groups in total. The minimum absolute atomic E-state index is 0.0186. The van der Waals surface area contributed by atoms with Crippen molar-refractivity contribution in [1.82, 2.24) is 0 Å². The summed E-state index contributed by atoms with van der Waals surface area (Å²) in [4.78, 5) is 11.3. The highest BCUT2D eigenvalue weighted by molar-refractivity contribution is 5.73. The number of hydrogen-bond acceptors (Lipinski definition) is 3. The van der Waals surface area contributed by atoms with Gasteiger partial charge in [0.25, 0.3) is 0 Å². The van der Waals surface area contributed by atoms with Gasteiger partial charge >= 0.3 is 5.97 Å². The Morgan fingerprint density at radius 3 is 2.83 bits per heavy atom. The van der Waals surface area contributed by atoms with Gasteiger partial charge in [-0.25, -0.2) is 0 Å². The molecule has 0 radical (unpaired) electrons. The molecule has 1 aliphatic carbocycles. The van der Waals surface area contributed by atoms with Gasteiger partial charge in [0.1, 0.15) is 0 Å². The lowest BCUT2D eigenvalue weighted by Gasteiger charge is -2.15. The maximum atomic E-state index is 11.3. The zero-order valence-corrected chi connectivity index (χ0v) is 7.71. The lowest BCUT2D eigenvalue weighted by atomic mass is 10.1. The molecule has 0 spiro atoms. The van der Waals surface area contributed by atoms with Crippen molar-refractivity contribution >= 4 is 5.97 Å². The summed E-state index contributed by atoms with van der Waals surface area (Å²) in [5.74, 6) is -0.114. The van der Waals surface area contributed by atoms with Crippen LogP contribution in [0.1, 0.15) is 26.2 Å². The zero-order chi connectivity index (χ0) is 8.97. The van der Waals surface area contributed by atoms with Crippen molar-refractivity contribution in [2.24, 2.45) is 5.92 Å². The van der Waals surface area contributed by atoms with Gasteiger partial charge in [-0.05, 0) is 26.2 Å². The summed E-state index contributed by atoms with van der Waals surface area (Å²) < 4.78 is 10.1. The van der Waals surface area contributed by atoms with Gasteiger partial charge in [0.05, 0.1) is 18.6 Å². The smallest absolute Gasteiger partial charge is 0.311 e. The molecule has 2 atom stereocenters. The average Bonchev–Trinajstić information content (AvgIpc) is 2.51. The van der Waals surface area contributed by atoms with E-state index in [1.807, 2.05) is 6.92 Å². The minimum atomic E-state index is -0.0955. The van der Waals surface area contributed by atoms with Crippen LogP contribution in [0.15, 0.2) is 0 Å². The summed E-state index contributed by atoms with van der Waals surface area (Å²) >= 11 is 0. The van der Waals surface area contributed by atoms with Crippen molar-refractivity contribution in [2.45, 2.75) is 32.3 Å². The quantitative estimate of drug-likeness (QED) is 0.603. The molecule has 0 aliphatic heterocycles. The fraction of sp³-hybridized carbons (Fsp3) is 0.889. The number of carbonyl (C=O) groups is 1. The Labute approximate surface area is 73.0 Å². The Bertz CT molecular complexity index is 156. The average molecular weight is 172 g/mol. The number of hydrogen-bond donors (Lipinski definition) is 0. The van der Waals surface area contributed by atoms with Gasteiger partial charge in [-0.3, -0.25) is 4.79 Å². The number of carbonyl (C=O) groups excluding carboxylic acids is 1. The lowest BCUT2D eigenvalue weighted by molar-refractivity contribution is -0.151. The Kier molecular flexibility index (Phi) is 3.53. The summed E-state index contributed by atoms with van der Waals surface area (Å²) in [6.07, 6.45) is 3.06. The van der Waals surface area contributed by atoms with E-state index in [2.05, 4.69) is 0 Å². The van der Waals surface area contributed by atoms with Crippen molar-refractivity contribution < 1.29 is 14.3 Å². The minimum Gasteiger partial charge on any atom is -0.466 e. The van der Waals surface area contributed by atoms with Crippen LogP contribution in [-0.4, -0.2) is 25.8 Å². The van der Waals surface area contributed by atoms with Crippen LogP contribution < -0.4 is 0 Å². The molecule has 3 heteroatoms. The molecular formula is C9H16O3. The molecule has 0 amide bonds. The standard InChI is InChI=1S/C9H16O3/c1-3-12-9(10)7-5-4-6-8(7)11-2/h7-8H,3-6H2,1-2H3. The van der Waals surface area contributed by atoms with Crippen LogP contribution in [-0.2, 0) is 14.3 Å². The lowest BCUT2D eigenvalue weighted by Crippen LogP contribution is -2.26. The second kappa shape index (κ2) is 4.45. The molecule has 1 rings (SSSR count). The summed E-state index contributed by atoms with van der Waals surface area (Å²) in [6, 6.07) is 0. The third-order valence-corrected chi connectivity index (χ3v) is 2.34. The van der Waals surface area contributed by atoms with E-state index in [0.717, 1.165) is 19.3 Å². The van der Waals surface area contributed by atoms with Crippen LogP contribution in [0.2, 0.25) is 0 Å². The third kappa shape index (κ3) is 1.97. The molecule has 70 valence electrons. The van der Waals surface area contributed by atoms with E-state index in [4.69, 9.17) is 9.47 Å². The molecular weight excluding hydrogens is 156 g/mol. The molecule has 0 aromatic carbocycles. The van der Waals surface area contributed by atoms with Gasteiger partial charge in [0.15, 0.2) is 0 Å². The molecule has 1 fully saturated rings. The monoisotopic (exact) mass is 172 g/mol. The third-order valence-electron chi connectivity index (χ3n) is 2.34. The van der Waals surface area contributed by atoms with Crippen molar-refractivity contribution in [2.75, 3.05) is 13.7 Å². The Balaban J connectivity index is 2.43. The highest BCUT2D eigenvalue weighted by Gasteiger charge is 2.33. The maximum Gasteiger partial charge on any atom is 0.311 e. The largest absolute Gasteiger partial charge is 0.466 e. The highest BCUT2D eigenvalue weighted by atomic mass is 16.5. The van der Waals surface area contributed by atoms with Crippen LogP contribution in [0.3, 0.4) is 0 Å². The fourth-order valence-corrected chi connectivity index (χ4v) is 1.73. The summed E-state index contributed by atoms with van der Waals surface area (Å²) in [5, 5.41) is 0. The van der Waals surface area contributed by atoms with Gasteiger partial charge in [0.2, 0.25) is 0 Å². The van der Waals surface area contributed by atoms with E-state index in [9.17, 15) is 4.79 Å². The summed E-state index contributed by atoms with van der Waals surface area (Å²) in [6.45, 7) is 2.29. The predicted octanol–water partition coefficient (Wildman–Crippen LogP) is 1.36. The number of esters is 1. The predicted molar refractivity (Wildman–Crippen MR) is 44.8 cm³/mol. The first-order valence-electron chi connectivity index (χ1n) is 4.49. The first-order valence-corrected chi connectivity index (χ1v) is 4.49. The van der Waals surface area contributed by atoms with Crippen molar-refractivity contribution in [1.29, 1.82) is 0 Å².